The molecule has 0 bridgehead atoms. The van der Waals surface area contributed by atoms with E-state index in [0.717, 1.165) is 6.42 Å². The fourth-order valence-electron chi connectivity index (χ4n) is 1.70. The fraction of sp³-hybridized carbons (Fsp3) is 0.667. The summed E-state index contributed by atoms with van der Waals surface area (Å²) in [6.45, 7) is 0.613. The molecule has 2 unspecified atom stereocenters. The van der Waals surface area contributed by atoms with Gasteiger partial charge in [0.15, 0.2) is 0 Å². The summed E-state index contributed by atoms with van der Waals surface area (Å²) in [5, 5.41) is 11.7. The zero-order valence-electron chi connectivity index (χ0n) is 8.74. The van der Waals surface area contributed by atoms with Crippen LogP contribution in [0.3, 0.4) is 0 Å². The number of hydrogen-bond donors (Lipinski definition) is 4. The van der Waals surface area contributed by atoms with E-state index in [-0.39, 0.29) is 12.1 Å². The molecule has 6 nitrogen and oxygen atoms in total. The van der Waals surface area contributed by atoms with Crippen molar-refractivity contribution in [2.24, 2.45) is 5.92 Å². The molecular weight excluding hydrogens is 233 g/mol. The maximum atomic E-state index is 10.7. The Hall–Kier alpha value is -0.680. The molecular formula is C9H16NO5P. The number of rotatable bonds is 4. The second-order valence-corrected chi connectivity index (χ2v) is 5.60. The predicted octanol–water partition coefficient (Wildman–Crippen LogP) is 0.173. The van der Waals surface area contributed by atoms with Crippen LogP contribution in [-0.4, -0.2) is 39.6 Å². The van der Waals surface area contributed by atoms with Crippen LogP contribution in [0.1, 0.15) is 12.8 Å². The number of allylic oxidation sites excluding steroid dienone is 2. The van der Waals surface area contributed by atoms with Gasteiger partial charge in [0.2, 0.25) is 0 Å². The van der Waals surface area contributed by atoms with E-state index in [2.05, 4.69) is 5.32 Å². The molecule has 2 atom stereocenters. The van der Waals surface area contributed by atoms with Crippen molar-refractivity contribution in [3.63, 3.8) is 0 Å². The van der Waals surface area contributed by atoms with Crippen molar-refractivity contribution in [1.82, 2.24) is 5.32 Å². The Morgan fingerprint density at radius 1 is 1.50 bits per heavy atom. The second kappa shape index (κ2) is 5.59. The van der Waals surface area contributed by atoms with Crippen molar-refractivity contribution >= 4 is 13.6 Å². The lowest BCUT2D eigenvalue weighted by Gasteiger charge is -2.25. The number of carbonyl (C=O) groups is 1. The van der Waals surface area contributed by atoms with E-state index in [0.29, 0.717) is 13.0 Å². The Morgan fingerprint density at radius 2 is 2.19 bits per heavy atom. The van der Waals surface area contributed by atoms with E-state index in [4.69, 9.17) is 14.9 Å². The monoisotopic (exact) mass is 249 g/mol. The minimum Gasteiger partial charge on any atom is -0.480 e. The minimum atomic E-state index is -3.99. The molecule has 1 saturated heterocycles. The third-order valence-corrected chi connectivity index (χ3v) is 3.18. The third-order valence-electron chi connectivity index (χ3n) is 2.49. The third kappa shape index (κ3) is 4.90. The molecule has 1 aliphatic rings. The summed E-state index contributed by atoms with van der Waals surface area (Å²) in [5.41, 5.74) is 0. The largest absolute Gasteiger partial charge is 0.480 e. The van der Waals surface area contributed by atoms with Crippen LogP contribution in [0.4, 0.5) is 0 Å². The van der Waals surface area contributed by atoms with Gasteiger partial charge in [-0.05, 0) is 25.3 Å². The van der Waals surface area contributed by atoms with Crippen molar-refractivity contribution < 1.29 is 24.3 Å². The smallest absolute Gasteiger partial charge is 0.329 e. The van der Waals surface area contributed by atoms with E-state index in [1.807, 2.05) is 0 Å². The molecule has 1 heterocycles. The van der Waals surface area contributed by atoms with Crippen molar-refractivity contribution in [2.75, 3.05) is 12.7 Å². The number of carboxylic acids is 1. The van der Waals surface area contributed by atoms with Crippen LogP contribution in [0.2, 0.25) is 0 Å². The quantitative estimate of drug-likeness (QED) is 0.418. The second-order valence-electron chi connectivity index (χ2n) is 3.90. The summed E-state index contributed by atoms with van der Waals surface area (Å²) in [4.78, 5) is 28.0. The first-order valence-electron chi connectivity index (χ1n) is 5.06. The van der Waals surface area contributed by atoms with Gasteiger partial charge in [-0.15, -0.1) is 0 Å². The highest BCUT2D eigenvalue weighted by molar-refractivity contribution is 7.51. The number of carboxylic acid groups (broad SMARTS) is 1. The van der Waals surface area contributed by atoms with Gasteiger partial charge >= 0.3 is 13.6 Å². The molecule has 0 spiro atoms. The molecule has 16 heavy (non-hydrogen) atoms. The topological polar surface area (TPSA) is 107 Å². The van der Waals surface area contributed by atoms with Crippen molar-refractivity contribution in [3.8, 4) is 0 Å². The van der Waals surface area contributed by atoms with E-state index >= 15 is 0 Å². The lowest BCUT2D eigenvalue weighted by molar-refractivity contribution is -0.140. The van der Waals surface area contributed by atoms with Crippen LogP contribution in [-0.2, 0) is 9.36 Å². The predicted molar refractivity (Wildman–Crippen MR) is 58.2 cm³/mol. The molecule has 1 aliphatic heterocycles. The molecule has 1 fully saturated rings. The highest BCUT2D eigenvalue weighted by Gasteiger charge is 2.24. The first-order valence-corrected chi connectivity index (χ1v) is 6.85. The van der Waals surface area contributed by atoms with E-state index in [1.165, 1.54) is 6.08 Å². The summed E-state index contributed by atoms with van der Waals surface area (Å²) in [5.74, 6) is -0.804. The normalized spacial score (nSPS) is 27.1. The molecule has 92 valence electrons. The summed E-state index contributed by atoms with van der Waals surface area (Å²) < 4.78 is 10.6. The van der Waals surface area contributed by atoms with Gasteiger partial charge in [-0.3, -0.25) is 9.36 Å². The van der Waals surface area contributed by atoms with Crippen LogP contribution < -0.4 is 5.32 Å². The van der Waals surface area contributed by atoms with Crippen LogP contribution in [0.15, 0.2) is 12.2 Å². The molecule has 7 heteroatoms. The highest BCUT2D eigenvalue weighted by Crippen LogP contribution is 2.34. The van der Waals surface area contributed by atoms with E-state index in [1.54, 1.807) is 6.08 Å². The first-order chi connectivity index (χ1) is 7.38. The Kier molecular flexibility index (Phi) is 4.68. The minimum absolute atomic E-state index is 0.0777. The lowest BCUT2D eigenvalue weighted by Crippen LogP contribution is -2.43. The Morgan fingerprint density at radius 3 is 2.75 bits per heavy atom. The molecule has 0 aromatic carbocycles. The van der Waals surface area contributed by atoms with Gasteiger partial charge in [0.1, 0.15) is 6.04 Å². The lowest BCUT2D eigenvalue weighted by atomic mass is 9.92. The number of aliphatic carboxylic acids is 1. The van der Waals surface area contributed by atoms with E-state index < -0.39 is 19.6 Å². The molecule has 0 amide bonds. The molecule has 0 aliphatic carbocycles. The van der Waals surface area contributed by atoms with Crippen LogP contribution in [0.25, 0.3) is 0 Å². The van der Waals surface area contributed by atoms with Crippen LogP contribution >= 0.6 is 7.60 Å². The summed E-state index contributed by atoms with van der Waals surface area (Å²) >= 11 is 0. The molecule has 1 rings (SSSR count). The Balaban J connectivity index is 2.43. The van der Waals surface area contributed by atoms with Crippen molar-refractivity contribution in [2.45, 2.75) is 18.9 Å². The number of nitrogens with one attached hydrogen (secondary N) is 1. The zero-order valence-corrected chi connectivity index (χ0v) is 9.64. The Bertz CT molecular complexity index is 324. The maximum absolute atomic E-state index is 10.7. The summed E-state index contributed by atoms with van der Waals surface area (Å²) in [6, 6.07) is -0.557. The van der Waals surface area contributed by atoms with Gasteiger partial charge in [-0.2, -0.15) is 0 Å². The molecule has 4 N–H and O–H groups in total. The van der Waals surface area contributed by atoms with Crippen LogP contribution in [0, 0.1) is 5.92 Å². The molecule has 0 radical (unpaired) electrons. The van der Waals surface area contributed by atoms with Gasteiger partial charge < -0.3 is 20.2 Å². The average molecular weight is 249 g/mol. The number of piperidine rings is 1. The van der Waals surface area contributed by atoms with Crippen molar-refractivity contribution in [1.29, 1.82) is 0 Å². The molecule has 0 aromatic heterocycles. The zero-order chi connectivity index (χ0) is 12.2. The van der Waals surface area contributed by atoms with Gasteiger partial charge in [0.05, 0.1) is 6.16 Å². The summed E-state index contributed by atoms with van der Waals surface area (Å²) in [6.07, 6.45) is 4.12. The fourth-order valence-corrected chi connectivity index (χ4v) is 2.10. The van der Waals surface area contributed by atoms with Gasteiger partial charge in [-0.1, -0.05) is 12.2 Å². The SMILES string of the molecule is O=C(O)C1CC(C=CCP(=O)(O)O)CCN1. The van der Waals surface area contributed by atoms with Crippen LogP contribution in [0.5, 0.6) is 0 Å². The molecule has 0 saturated carbocycles. The molecule has 0 aromatic rings. The maximum Gasteiger partial charge on any atom is 0.329 e. The number of hydrogen-bond acceptors (Lipinski definition) is 3. The van der Waals surface area contributed by atoms with Gasteiger partial charge in [-0.25, -0.2) is 0 Å². The van der Waals surface area contributed by atoms with Gasteiger partial charge in [0, 0.05) is 0 Å². The Labute approximate surface area is 93.5 Å². The highest BCUT2D eigenvalue weighted by atomic mass is 31.2. The van der Waals surface area contributed by atoms with Crippen molar-refractivity contribution in [3.05, 3.63) is 12.2 Å². The first kappa shape index (κ1) is 13.4. The average Bonchev–Trinajstić information content (AvgIpc) is 2.16. The summed E-state index contributed by atoms with van der Waals surface area (Å²) in [7, 11) is -3.99. The van der Waals surface area contributed by atoms with E-state index in [9.17, 15) is 9.36 Å². The standard InChI is InChI=1S/C9H16NO5P/c11-9(12)8-6-7(3-4-10-8)2-1-5-16(13,14)15/h1-2,7-8,10H,3-6H2,(H,11,12)(H2,13,14,15). The van der Waals surface area contributed by atoms with Gasteiger partial charge in [0.25, 0.3) is 0 Å².